The molecule has 1 aromatic heterocycles. The van der Waals surface area contributed by atoms with E-state index in [2.05, 4.69) is 16.5 Å². The van der Waals surface area contributed by atoms with Crippen molar-refractivity contribution >= 4 is 54.6 Å². The smallest absolute Gasteiger partial charge is 0.250 e. The van der Waals surface area contributed by atoms with Crippen molar-refractivity contribution in [2.24, 2.45) is 0 Å². The van der Waals surface area contributed by atoms with Crippen LogP contribution in [-0.2, 0) is 14.8 Å². The zero-order valence-corrected chi connectivity index (χ0v) is 19.9. The molecule has 31 heavy (non-hydrogen) atoms. The highest BCUT2D eigenvalue weighted by atomic mass is 35.5. The Kier molecular flexibility index (Phi) is 6.11. The van der Waals surface area contributed by atoms with E-state index in [1.165, 1.54) is 0 Å². The first kappa shape index (κ1) is 22.2. The Labute approximate surface area is 191 Å². The summed E-state index contributed by atoms with van der Waals surface area (Å²) in [6.07, 6.45) is 0.421. The van der Waals surface area contributed by atoms with Gasteiger partial charge in [0.25, 0.3) is 10.0 Å². The molecule has 0 bridgehead atoms. The molecule has 0 radical (unpaired) electrons. The van der Waals surface area contributed by atoms with Crippen LogP contribution in [0.2, 0.25) is 5.02 Å². The number of carbonyl (C=O) groups is 1. The summed E-state index contributed by atoms with van der Waals surface area (Å²) in [6.45, 7) is 2.58. The maximum atomic E-state index is 12.9. The van der Waals surface area contributed by atoms with Gasteiger partial charge in [0.2, 0.25) is 5.91 Å². The predicted molar refractivity (Wildman–Crippen MR) is 126 cm³/mol. The molecule has 1 fully saturated rings. The zero-order valence-electron chi connectivity index (χ0n) is 17.5. The normalized spacial score (nSPS) is 18.3. The second-order valence-corrected chi connectivity index (χ2v) is 11.4. The summed E-state index contributed by atoms with van der Waals surface area (Å²) in [5.74, 6) is -0.235. The van der Waals surface area contributed by atoms with Crippen molar-refractivity contribution in [3.8, 4) is 0 Å². The van der Waals surface area contributed by atoms with Gasteiger partial charge in [0.1, 0.15) is 10.3 Å². The van der Waals surface area contributed by atoms with Gasteiger partial charge in [-0.1, -0.05) is 29.8 Å². The molecule has 1 saturated heterocycles. The van der Waals surface area contributed by atoms with Crippen molar-refractivity contribution in [3.05, 3.63) is 59.1 Å². The lowest BCUT2D eigenvalue weighted by atomic mass is 10.1. The van der Waals surface area contributed by atoms with Gasteiger partial charge in [0.15, 0.2) is 0 Å². The number of anilines is 1. The maximum Gasteiger partial charge on any atom is 0.250 e. The summed E-state index contributed by atoms with van der Waals surface area (Å²) in [5, 5.41) is 1.36. The summed E-state index contributed by atoms with van der Waals surface area (Å²) in [4.78, 5) is 16.7. The minimum Gasteiger partial charge on any atom is -0.311 e. The van der Waals surface area contributed by atoms with Crippen LogP contribution in [0.1, 0.15) is 24.9 Å². The second kappa shape index (κ2) is 8.52. The molecule has 0 saturated carbocycles. The van der Waals surface area contributed by atoms with Gasteiger partial charge in [0, 0.05) is 28.0 Å². The van der Waals surface area contributed by atoms with Crippen LogP contribution in [0.5, 0.6) is 0 Å². The molecule has 0 unspecified atom stereocenters. The number of sulfonamides is 1. The van der Waals surface area contributed by atoms with Crippen molar-refractivity contribution in [3.63, 3.8) is 0 Å². The Morgan fingerprint density at radius 3 is 2.55 bits per heavy atom. The molecule has 4 rings (SSSR count). The van der Waals surface area contributed by atoms with E-state index in [1.54, 1.807) is 29.2 Å². The molecule has 2 heterocycles. The van der Waals surface area contributed by atoms with Crippen LogP contribution in [0.4, 0.5) is 5.69 Å². The van der Waals surface area contributed by atoms with Crippen molar-refractivity contribution < 1.29 is 13.2 Å². The van der Waals surface area contributed by atoms with Crippen LogP contribution >= 0.6 is 22.9 Å². The number of thiophene rings is 1. The Balaban J connectivity index is 1.49. The molecule has 0 spiro atoms. The first-order chi connectivity index (χ1) is 14.7. The third-order valence-corrected chi connectivity index (χ3v) is 8.97. The van der Waals surface area contributed by atoms with Gasteiger partial charge in [-0.3, -0.25) is 4.79 Å². The summed E-state index contributed by atoms with van der Waals surface area (Å²) < 4.78 is 29.4. The standard InChI is InChI=1S/C22H24ClN3O3S2/c1-14(25(2)3)15-5-8-18(9-6-15)26-11-10-19(22(26)27)24-31(28,29)21-12-16-4-7-17(23)13-20(16)30-21/h4-9,12-14,19,24H,10-11H2,1-3H3/t14-,19-/m0/s1. The van der Waals surface area contributed by atoms with Gasteiger partial charge in [-0.2, -0.15) is 4.72 Å². The van der Waals surface area contributed by atoms with Gasteiger partial charge < -0.3 is 9.80 Å². The molecule has 2 atom stereocenters. The number of fused-ring (bicyclic) bond motifs is 1. The third kappa shape index (κ3) is 4.49. The number of carbonyl (C=O) groups excluding carboxylic acids is 1. The molecule has 164 valence electrons. The van der Waals surface area contributed by atoms with Crippen molar-refractivity contribution in [2.75, 3.05) is 25.5 Å². The van der Waals surface area contributed by atoms with Crippen molar-refractivity contribution in [2.45, 2.75) is 29.6 Å². The Morgan fingerprint density at radius 2 is 1.87 bits per heavy atom. The zero-order chi connectivity index (χ0) is 22.3. The van der Waals surface area contributed by atoms with Crippen LogP contribution < -0.4 is 9.62 Å². The molecule has 0 aliphatic carbocycles. The predicted octanol–water partition coefficient (Wildman–Crippen LogP) is 4.26. The summed E-state index contributed by atoms with van der Waals surface area (Å²) in [7, 11) is 0.225. The van der Waals surface area contributed by atoms with E-state index in [1.807, 2.05) is 38.4 Å². The topological polar surface area (TPSA) is 69.7 Å². The summed E-state index contributed by atoms with van der Waals surface area (Å²) in [5.41, 5.74) is 1.93. The van der Waals surface area contributed by atoms with E-state index in [0.717, 1.165) is 32.7 Å². The maximum absolute atomic E-state index is 12.9. The highest BCUT2D eigenvalue weighted by Crippen LogP contribution is 2.32. The number of benzene rings is 2. The molecule has 3 aromatic rings. The van der Waals surface area contributed by atoms with Crippen LogP contribution in [0.3, 0.4) is 0 Å². The average Bonchev–Trinajstić information content (AvgIpc) is 3.31. The summed E-state index contributed by atoms with van der Waals surface area (Å²) >= 11 is 7.15. The number of nitrogens with one attached hydrogen (secondary N) is 1. The van der Waals surface area contributed by atoms with E-state index in [9.17, 15) is 13.2 Å². The molecular formula is C22H24ClN3O3S2. The highest BCUT2D eigenvalue weighted by molar-refractivity contribution is 7.91. The molecular weight excluding hydrogens is 454 g/mol. The van der Waals surface area contributed by atoms with Gasteiger partial charge >= 0.3 is 0 Å². The molecule has 2 aromatic carbocycles. The number of nitrogens with zero attached hydrogens (tertiary/aromatic N) is 2. The number of halogens is 1. The van der Waals surface area contributed by atoms with E-state index in [4.69, 9.17) is 11.6 Å². The van der Waals surface area contributed by atoms with Gasteiger partial charge in [-0.05, 0) is 68.7 Å². The monoisotopic (exact) mass is 477 g/mol. The minimum atomic E-state index is -3.81. The van der Waals surface area contributed by atoms with Gasteiger partial charge in [0.05, 0.1) is 0 Å². The van der Waals surface area contributed by atoms with Crippen LogP contribution in [-0.4, -0.2) is 45.9 Å². The molecule has 9 heteroatoms. The third-order valence-electron chi connectivity index (χ3n) is 5.69. The number of rotatable bonds is 6. The van der Waals surface area contributed by atoms with Crippen LogP contribution in [0.25, 0.3) is 10.1 Å². The molecule has 1 amide bonds. The fourth-order valence-corrected chi connectivity index (χ4v) is 6.55. The first-order valence-electron chi connectivity index (χ1n) is 9.95. The largest absolute Gasteiger partial charge is 0.311 e. The van der Waals surface area contributed by atoms with E-state index >= 15 is 0 Å². The van der Waals surface area contributed by atoms with Crippen molar-refractivity contribution in [1.82, 2.24) is 9.62 Å². The Bertz CT molecular complexity index is 1220. The quantitative estimate of drug-likeness (QED) is 0.575. The number of hydrogen-bond acceptors (Lipinski definition) is 5. The highest BCUT2D eigenvalue weighted by Gasteiger charge is 2.36. The number of amides is 1. The lowest BCUT2D eigenvalue weighted by Gasteiger charge is -2.22. The average molecular weight is 478 g/mol. The molecule has 1 N–H and O–H groups in total. The molecule has 6 nitrogen and oxygen atoms in total. The lowest BCUT2D eigenvalue weighted by molar-refractivity contribution is -0.118. The summed E-state index contributed by atoms with van der Waals surface area (Å²) in [6, 6.07) is 14.2. The lowest BCUT2D eigenvalue weighted by Crippen LogP contribution is -2.41. The van der Waals surface area contributed by atoms with Gasteiger partial charge in [-0.15, -0.1) is 11.3 Å². The first-order valence-corrected chi connectivity index (χ1v) is 12.6. The fraction of sp³-hybridized carbons (Fsp3) is 0.318. The molecule has 1 aliphatic rings. The Hall–Kier alpha value is -1.97. The van der Waals surface area contributed by atoms with Crippen LogP contribution in [0.15, 0.2) is 52.7 Å². The van der Waals surface area contributed by atoms with Gasteiger partial charge in [-0.25, -0.2) is 8.42 Å². The number of hydrogen-bond donors (Lipinski definition) is 1. The SMILES string of the molecule is C[C@@H](c1ccc(N2CC[C@H](NS(=O)(=O)c3cc4ccc(Cl)cc4s3)C2=O)cc1)N(C)C. The Morgan fingerprint density at radius 1 is 1.16 bits per heavy atom. The second-order valence-electron chi connectivity index (χ2n) is 7.93. The fourth-order valence-electron chi connectivity index (χ4n) is 3.64. The van der Waals surface area contributed by atoms with E-state index < -0.39 is 16.1 Å². The minimum absolute atomic E-state index is 0.179. The van der Waals surface area contributed by atoms with E-state index in [-0.39, 0.29) is 16.2 Å². The molecule has 1 aliphatic heterocycles. The van der Waals surface area contributed by atoms with E-state index in [0.29, 0.717) is 18.0 Å². The van der Waals surface area contributed by atoms with Crippen molar-refractivity contribution in [1.29, 1.82) is 0 Å². The van der Waals surface area contributed by atoms with Crippen LogP contribution in [0, 0.1) is 0 Å².